The molecule has 0 aliphatic rings. The Morgan fingerprint density at radius 3 is 2.54 bits per heavy atom. The third kappa shape index (κ3) is 3.57. The van der Waals surface area contributed by atoms with Gasteiger partial charge in [-0.05, 0) is 49.1 Å². The van der Waals surface area contributed by atoms with E-state index in [2.05, 4.69) is 15.3 Å². The largest absolute Gasteiger partial charge is 0.325 e. The number of nitrogens with one attached hydrogen (secondary N) is 2. The van der Waals surface area contributed by atoms with Crippen LogP contribution in [0.5, 0.6) is 0 Å². The van der Waals surface area contributed by atoms with Crippen molar-refractivity contribution in [2.45, 2.75) is 27.2 Å². The second kappa shape index (κ2) is 7.35. The maximum atomic E-state index is 12.7. The van der Waals surface area contributed by atoms with Gasteiger partial charge in [0.1, 0.15) is 5.82 Å². The number of aromatic nitrogens is 2. The first-order valence-electron chi connectivity index (χ1n) is 8.56. The molecule has 0 saturated heterocycles. The molecule has 1 aromatic carbocycles. The van der Waals surface area contributed by atoms with E-state index in [0.717, 1.165) is 22.4 Å². The quantitative estimate of drug-likeness (QED) is 0.752. The molecule has 0 atom stereocenters. The second-order valence-corrected chi connectivity index (χ2v) is 6.15. The van der Waals surface area contributed by atoms with E-state index in [1.807, 2.05) is 57.2 Å². The Labute approximate surface area is 152 Å². The Morgan fingerprint density at radius 2 is 1.85 bits per heavy atom. The third-order valence-corrected chi connectivity index (χ3v) is 4.44. The lowest BCUT2D eigenvalue weighted by atomic mass is 10.00. The average Bonchev–Trinajstić information content (AvgIpc) is 2.65. The van der Waals surface area contributed by atoms with E-state index in [0.29, 0.717) is 23.5 Å². The van der Waals surface area contributed by atoms with Crippen LogP contribution in [0.3, 0.4) is 0 Å². The van der Waals surface area contributed by atoms with Crippen LogP contribution in [0, 0.1) is 13.8 Å². The molecule has 0 bridgehead atoms. The van der Waals surface area contributed by atoms with Gasteiger partial charge in [0.05, 0.1) is 5.56 Å². The summed E-state index contributed by atoms with van der Waals surface area (Å²) >= 11 is 0. The van der Waals surface area contributed by atoms with Crippen LogP contribution in [0.15, 0.2) is 53.3 Å². The lowest BCUT2D eigenvalue weighted by molar-refractivity contribution is 0.102. The van der Waals surface area contributed by atoms with Gasteiger partial charge in [0.25, 0.3) is 5.91 Å². The molecule has 2 heterocycles. The predicted octanol–water partition coefficient (Wildman–Crippen LogP) is 3.87. The van der Waals surface area contributed by atoms with E-state index in [1.165, 1.54) is 6.07 Å². The number of rotatable bonds is 4. The summed E-state index contributed by atoms with van der Waals surface area (Å²) in [5.41, 5.74) is 4.89. The molecule has 0 unspecified atom stereocenters. The Kier molecular flexibility index (Phi) is 4.98. The molecule has 3 rings (SSSR count). The first-order chi connectivity index (χ1) is 12.5. The smallest absolute Gasteiger partial charge is 0.258 e. The average molecular weight is 347 g/mol. The number of anilines is 1. The van der Waals surface area contributed by atoms with E-state index in [1.54, 1.807) is 6.07 Å². The highest BCUT2D eigenvalue weighted by Gasteiger charge is 2.14. The summed E-state index contributed by atoms with van der Waals surface area (Å²) in [6.45, 7) is 5.84. The lowest BCUT2D eigenvalue weighted by Crippen LogP contribution is -2.19. The predicted molar refractivity (Wildman–Crippen MR) is 104 cm³/mol. The summed E-state index contributed by atoms with van der Waals surface area (Å²) in [6, 6.07) is 14.8. The number of carbonyl (C=O) groups is 1. The molecular weight excluding hydrogens is 326 g/mol. The molecule has 132 valence electrons. The summed E-state index contributed by atoms with van der Waals surface area (Å²) in [5, 5.41) is 2.86. The van der Waals surface area contributed by atoms with Gasteiger partial charge in [-0.3, -0.25) is 9.59 Å². The zero-order valence-electron chi connectivity index (χ0n) is 15.1. The van der Waals surface area contributed by atoms with Crippen molar-refractivity contribution in [3.63, 3.8) is 0 Å². The van der Waals surface area contributed by atoms with Crippen molar-refractivity contribution in [3.8, 4) is 11.1 Å². The molecule has 0 saturated carbocycles. The molecule has 2 N–H and O–H groups in total. The number of carbonyl (C=O) groups excluding carboxylic acids is 1. The van der Waals surface area contributed by atoms with Gasteiger partial charge in [0.15, 0.2) is 0 Å². The lowest BCUT2D eigenvalue weighted by Gasteiger charge is -2.13. The molecular formula is C21H21N3O2. The van der Waals surface area contributed by atoms with Crippen molar-refractivity contribution in [2.75, 3.05) is 5.32 Å². The topological polar surface area (TPSA) is 74.8 Å². The number of pyridine rings is 2. The summed E-state index contributed by atoms with van der Waals surface area (Å²) < 4.78 is 0. The van der Waals surface area contributed by atoms with Crippen molar-refractivity contribution in [1.82, 2.24) is 9.97 Å². The van der Waals surface area contributed by atoms with Crippen molar-refractivity contribution >= 4 is 11.7 Å². The van der Waals surface area contributed by atoms with Crippen LogP contribution in [0.4, 0.5) is 5.82 Å². The van der Waals surface area contributed by atoms with E-state index in [4.69, 9.17) is 0 Å². The van der Waals surface area contributed by atoms with E-state index < -0.39 is 0 Å². The minimum absolute atomic E-state index is 0.214. The fourth-order valence-electron chi connectivity index (χ4n) is 2.91. The Balaban J connectivity index is 1.97. The third-order valence-electron chi connectivity index (χ3n) is 4.44. The standard InChI is InChI=1S/C21H21N3O2/c1-4-18-16(10-11-20(25)23-18)21(26)24-19-12-17(13(2)14(3)22-19)15-8-6-5-7-9-15/h5-12H,4H2,1-3H3,(H,23,25)(H,22,24,26). The Morgan fingerprint density at radius 1 is 1.12 bits per heavy atom. The zero-order valence-corrected chi connectivity index (χ0v) is 15.1. The number of hydrogen-bond donors (Lipinski definition) is 2. The van der Waals surface area contributed by atoms with Crippen molar-refractivity contribution in [1.29, 1.82) is 0 Å². The molecule has 1 amide bonds. The van der Waals surface area contributed by atoms with E-state index >= 15 is 0 Å². The second-order valence-electron chi connectivity index (χ2n) is 6.15. The summed E-state index contributed by atoms with van der Waals surface area (Å²) in [4.78, 5) is 31.3. The van der Waals surface area contributed by atoms with E-state index in [-0.39, 0.29) is 11.5 Å². The van der Waals surface area contributed by atoms with Gasteiger partial charge in [0.2, 0.25) is 5.56 Å². The number of hydrogen-bond acceptors (Lipinski definition) is 3. The van der Waals surface area contributed by atoms with Gasteiger partial charge in [-0.2, -0.15) is 0 Å². The van der Waals surface area contributed by atoms with Crippen LogP contribution in [0.1, 0.15) is 34.2 Å². The molecule has 5 heteroatoms. The number of aromatic amines is 1. The first kappa shape index (κ1) is 17.6. The van der Waals surface area contributed by atoms with Crippen LogP contribution in [0.2, 0.25) is 0 Å². The van der Waals surface area contributed by atoms with E-state index in [9.17, 15) is 9.59 Å². The molecule has 0 aliphatic carbocycles. The monoisotopic (exact) mass is 347 g/mol. The van der Waals surface area contributed by atoms with Gasteiger partial charge >= 0.3 is 0 Å². The van der Waals surface area contributed by atoms with Gasteiger partial charge in [-0.15, -0.1) is 0 Å². The summed E-state index contributed by atoms with van der Waals surface area (Å²) in [6.07, 6.45) is 0.564. The summed E-state index contributed by atoms with van der Waals surface area (Å²) in [5.74, 6) is 0.207. The maximum absolute atomic E-state index is 12.7. The van der Waals surface area contributed by atoms with Crippen LogP contribution in [-0.4, -0.2) is 15.9 Å². The van der Waals surface area contributed by atoms with Gasteiger partial charge in [0, 0.05) is 17.5 Å². The Bertz CT molecular complexity index is 1010. The fraction of sp³-hybridized carbons (Fsp3) is 0.190. The molecule has 5 nitrogen and oxygen atoms in total. The highest BCUT2D eigenvalue weighted by Crippen LogP contribution is 2.27. The molecule has 0 aliphatic heterocycles. The van der Waals surface area contributed by atoms with Crippen molar-refractivity contribution in [3.05, 3.63) is 81.4 Å². The molecule has 2 aromatic heterocycles. The fourth-order valence-corrected chi connectivity index (χ4v) is 2.91. The first-order valence-corrected chi connectivity index (χ1v) is 8.56. The minimum Gasteiger partial charge on any atom is -0.325 e. The zero-order chi connectivity index (χ0) is 18.7. The highest BCUT2D eigenvalue weighted by molar-refractivity contribution is 6.04. The highest BCUT2D eigenvalue weighted by atomic mass is 16.2. The molecule has 26 heavy (non-hydrogen) atoms. The maximum Gasteiger partial charge on any atom is 0.258 e. The number of aryl methyl sites for hydroxylation is 2. The number of nitrogens with zero attached hydrogens (tertiary/aromatic N) is 1. The number of H-pyrrole nitrogens is 1. The van der Waals surface area contributed by atoms with Crippen molar-refractivity contribution in [2.24, 2.45) is 0 Å². The van der Waals surface area contributed by atoms with Crippen molar-refractivity contribution < 1.29 is 4.79 Å². The van der Waals surface area contributed by atoms with Crippen LogP contribution < -0.4 is 10.9 Å². The minimum atomic E-state index is -0.284. The number of benzene rings is 1. The normalized spacial score (nSPS) is 10.6. The molecule has 0 spiro atoms. The van der Waals surface area contributed by atoms with Crippen LogP contribution in [-0.2, 0) is 6.42 Å². The van der Waals surface area contributed by atoms with Crippen LogP contribution in [0.25, 0.3) is 11.1 Å². The van der Waals surface area contributed by atoms with Gasteiger partial charge in [-0.1, -0.05) is 37.3 Å². The SMILES string of the molecule is CCc1[nH]c(=O)ccc1C(=O)Nc1cc(-c2ccccc2)c(C)c(C)n1. The molecule has 0 radical (unpaired) electrons. The molecule has 3 aromatic rings. The van der Waals surface area contributed by atoms with Gasteiger partial charge in [-0.25, -0.2) is 4.98 Å². The molecule has 0 fully saturated rings. The van der Waals surface area contributed by atoms with Crippen LogP contribution >= 0.6 is 0 Å². The Hall–Kier alpha value is -3.21. The van der Waals surface area contributed by atoms with Gasteiger partial charge < -0.3 is 10.3 Å². The summed E-state index contributed by atoms with van der Waals surface area (Å²) in [7, 11) is 0. The number of amides is 1.